The van der Waals surface area contributed by atoms with Crippen LogP contribution in [0.25, 0.3) is 0 Å². The highest BCUT2D eigenvalue weighted by Crippen LogP contribution is 2.13. The minimum Gasteiger partial charge on any atom is -0.494 e. The first-order valence-electron chi connectivity index (χ1n) is 9.37. The van der Waals surface area contributed by atoms with Crippen LogP contribution in [0.15, 0.2) is 24.3 Å². The molecule has 1 fully saturated rings. The first-order chi connectivity index (χ1) is 12.4. The van der Waals surface area contributed by atoms with Crippen molar-refractivity contribution in [2.45, 2.75) is 39.5 Å². The summed E-state index contributed by atoms with van der Waals surface area (Å²) in [5, 5.41) is 0. The quantitative estimate of drug-likeness (QED) is 0.615. The van der Waals surface area contributed by atoms with Crippen molar-refractivity contribution in [2.24, 2.45) is 0 Å². The molecule has 146 valence electrons. The number of piperazine rings is 1. The second-order valence-electron chi connectivity index (χ2n) is 6.71. The van der Waals surface area contributed by atoms with Crippen molar-refractivity contribution >= 4 is 15.9 Å². The minimum atomic E-state index is -3.17. The van der Waals surface area contributed by atoms with E-state index in [2.05, 4.69) is 0 Å². The lowest BCUT2D eigenvalue weighted by molar-refractivity contribution is -0.132. The zero-order chi connectivity index (χ0) is 19.0. The number of aryl methyl sites for hydroxylation is 1. The fourth-order valence-corrected chi connectivity index (χ4v) is 4.51. The van der Waals surface area contributed by atoms with Gasteiger partial charge in [0, 0.05) is 32.6 Å². The van der Waals surface area contributed by atoms with Crippen molar-refractivity contribution in [3.63, 3.8) is 0 Å². The van der Waals surface area contributed by atoms with Gasteiger partial charge in [-0.2, -0.15) is 4.31 Å². The molecular weight excluding hydrogens is 352 g/mol. The molecule has 0 saturated carbocycles. The van der Waals surface area contributed by atoms with E-state index >= 15 is 0 Å². The molecule has 0 aliphatic carbocycles. The van der Waals surface area contributed by atoms with Crippen molar-refractivity contribution in [3.05, 3.63) is 29.8 Å². The third-order valence-electron chi connectivity index (χ3n) is 4.57. The largest absolute Gasteiger partial charge is 0.494 e. The summed E-state index contributed by atoms with van der Waals surface area (Å²) in [4.78, 5) is 14.0. The van der Waals surface area contributed by atoms with Gasteiger partial charge in [0.2, 0.25) is 15.9 Å². The molecule has 0 spiro atoms. The number of hydrogen-bond acceptors (Lipinski definition) is 4. The molecule has 1 amide bonds. The van der Waals surface area contributed by atoms with Gasteiger partial charge in [0.1, 0.15) is 5.75 Å². The van der Waals surface area contributed by atoms with Crippen LogP contribution in [0.4, 0.5) is 0 Å². The van der Waals surface area contributed by atoms with Gasteiger partial charge in [0.05, 0.1) is 12.4 Å². The fraction of sp³-hybridized carbons (Fsp3) is 0.632. The Morgan fingerprint density at radius 3 is 2.35 bits per heavy atom. The summed E-state index contributed by atoms with van der Waals surface area (Å²) in [6.45, 7) is 6.26. The Hall–Kier alpha value is -1.60. The monoisotopic (exact) mass is 382 g/mol. The normalized spacial score (nSPS) is 15.8. The molecule has 1 aliphatic heterocycles. The summed E-state index contributed by atoms with van der Waals surface area (Å²) in [5.74, 6) is 1.09. The number of unbranched alkanes of at least 4 members (excludes halogenated alkanes) is 1. The summed E-state index contributed by atoms with van der Waals surface area (Å²) in [6.07, 6.45) is 2.63. The van der Waals surface area contributed by atoms with Gasteiger partial charge in [-0.1, -0.05) is 31.0 Å². The van der Waals surface area contributed by atoms with E-state index in [0.29, 0.717) is 52.0 Å². The molecule has 1 aromatic carbocycles. The standard InChI is InChI=1S/C19H30N2O4S/c1-3-4-16-26(23,24)21-13-11-20(12-14-21)19(22)6-5-15-25-18-9-7-17(2)8-10-18/h7-10H,3-6,11-16H2,1-2H3. The average Bonchev–Trinajstić information content (AvgIpc) is 2.65. The van der Waals surface area contributed by atoms with Gasteiger partial charge in [0.15, 0.2) is 0 Å². The SMILES string of the molecule is CCCCS(=O)(=O)N1CCN(C(=O)CCCOc2ccc(C)cc2)CC1. The second kappa shape index (κ2) is 9.92. The van der Waals surface area contributed by atoms with E-state index in [4.69, 9.17) is 4.74 Å². The van der Waals surface area contributed by atoms with E-state index in [1.807, 2.05) is 38.1 Å². The van der Waals surface area contributed by atoms with Crippen molar-refractivity contribution < 1.29 is 17.9 Å². The Morgan fingerprint density at radius 2 is 1.73 bits per heavy atom. The number of carbonyl (C=O) groups is 1. The van der Waals surface area contributed by atoms with Crippen molar-refractivity contribution in [1.82, 2.24) is 9.21 Å². The Kier molecular flexibility index (Phi) is 7.90. The number of ether oxygens (including phenoxy) is 1. The average molecular weight is 383 g/mol. The molecule has 0 unspecified atom stereocenters. The molecule has 26 heavy (non-hydrogen) atoms. The van der Waals surface area contributed by atoms with Crippen LogP contribution in [0.5, 0.6) is 5.75 Å². The lowest BCUT2D eigenvalue weighted by Gasteiger charge is -2.34. The van der Waals surface area contributed by atoms with Gasteiger partial charge < -0.3 is 9.64 Å². The number of amides is 1. The molecule has 0 N–H and O–H groups in total. The molecule has 0 bridgehead atoms. The van der Waals surface area contributed by atoms with Crippen LogP contribution in [0, 0.1) is 6.92 Å². The van der Waals surface area contributed by atoms with Crippen LogP contribution in [-0.4, -0.2) is 62.1 Å². The lowest BCUT2D eigenvalue weighted by Crippen LogP contribution is -2.51. The zero-order valence-corrected chi connectivity index (χ0v) is 16.6. The number of carbonyl (C=O) groups excluding carboxylic acids is 1. The van der Waals surface area contributed by atoms with E-state index in [1.54, 1.807) is 4.90 Å². The number of benzene rings is 1. The van der Waals surface area contributed by atoms with Gasteiger partial charge in [0.25, 0.3) is 0 Å². The van der Waals surface area contributed by atoms with Gasteiger partial charge in [-0.3, -0.25) is 4.79 Å². The predicted octanol–water partition coefficient (Wildman–Crippen LogP) is 2.43. The number of hydrogen-bond donors (Lipinski definition) is 0. The van der Waals surface area contributed by atoms with E-state index in [0.717, 1.165) is 12.2 Å². The van der Waals surface area contributed by atoms with Crippen LogP contribution in [0.1, 0.15) is 38.2 Å². The third kappa shape index (κ3) is 6.29. The number of rotatable bonds is 9. The molecule has 2 rings (SSSR count). The van der Waals surface area contributed by atoms with Crippen LogP contribution < -0.4 is 4.74 Å². The van der Waals surface area contributed by atoms with Gasteiger partial charge >= 0.3 is 0 Å². The molecule has 1 aliphatic rings. The van der Waals surface area contributed by atoms with Crippen molar-refractivity contribution in [3.8, 4) is 5.75 Å². The third-order valence-corrected chi connectivity index (χ3v) is 6.52. The lowest BCUT2D eigenvalue weighted by atomic mass is 10.2. The van der Waals surface area contributed by atoms with Crippen molar-refractivity contribution in [2.75, 3.05) is 38.5 Å². The Morgan fingerprint density at radius 1 is 1.08 bits per heavy atom. The van der Waals surface area contributed by atoms with Gasteiger partial charge in [-0.05, 0) is 31.9 Å². The molecule has 1 aromatic rings. The van der Waals surface area contributed by atoms with Crippen LogP contribution in [-0.2, 0) is 14.8 Å². The van der Waals surface area contributed by atoms with Gasteiger partial charge in [-0.25, -0.2) is 8.42 Å². The Balaban J connectivity index is 1.67. The van der Waals surface area contributed by atoms with Crippen LogP contribution in [0.3, 0.4) is 0 Å². The van der Waals surface area contributed by atoms with E-state index < -0.39 is 10.0 Å². The first-order valence-corrected chi connectivity index (χ1v) is 11.0. The number of nitrogens with zero attached hydrogens (tertiary/aromatic N) is 2. The fourth-order valence-electron chi connectivity index (χ4n) is 2.88. The molecule has 0 atom stereocenters. The molecular formula is C19H30N2O4S. The molecule has 7 heteroatoms. The smallest absolute Gasteiger partial charge is 0.222 e. The molecule has 0 radical (unpaired) electrons. The summed E-state index contributed by atoms with van der Waals surface area (Å²) in [6, 6.07) is 7.84. The Bertz CT molecular complexity index is 665. The minimum absolute atomic E-state index is 0.0723. The van der Waals surface area contributed by atoms with Crippen LogP contribution >= 0.6 is 0 Å². The Labute approximate surface area is 157 Å². The van der Waals surface area contributed by atoms with Crippen molar-refractivity contribution in [1.29, 1.82) is 0 Å². The highest BCUT2D eigenvalue weighted by atomic mass is 32.2. The molecule has 6 nitrogen and oxygen atoms in total. The summed E-state index contributed by atoms with van der Waals surface area (Å²) in [5.41, 5.74) is 1.18. The molecule has 0 aromatic heterocycles. The van der Waals surface area contributed by atoms with E-state index in [1.165, 1.54) is 9.87 Å². The summed E-state index contributed by atoms with van der Waals surface area (Å²) in [7, 11) is -3.17. The second-order valence-corrected chi connectivity index (χ2v) is 8.80. The zero-order valence-electron chi connectivity index (χ0n) is 15.8. The van der Waals surface area contributed by atoms with Gasteiger partial charge in [-0.15, -0.1) is 0 Å². The molecule has 1 saturated heterocycles. The molecule has 1 heterocycles. The highest BCUT2D eigenvalue weighted by Gasteiger charge is 2.28. The van der Waals surface area contributed by atoms with E-state index in [-0.39, 0.29) is 11.7 Å². The summed E-state index contributed by atoms with van der Waals surface area (Å²) < 4.78 is 31.5. The summed E-state index contributed by atoms with van der Waals surface area (Å²) >= 11 is 0. The number of sulfonamides is 1. The highest BCUT2D eigenvalue weighted by molar-refractivity contribution is 7.89. The maximum Gasteiger partial charge on any atom is 0.222 e. The van der Waals surface area contributed by atoms with Crippen LogP contribution in [0.2, 0.25) is 0 Å². The first kappa shape index (κ1) is 20.7. The maximum atomic E-state index is 12.3. The maximum absolute atomic E-state index is 12.3. The predicted molar refractivity (Wildman–Crippen MR) is 103 cm³/mol. The topological polar surface area (TPSA) is 66.9 Å². The van der Waals surface area contributed by atoms with E-state index in [9.17, 15) is 13.2 Å².